The highest BCUT2D eigenvalue weighted by Gasteiger charge is 2.33. The van der Waals surface area contributed by atoms with Gasteiger partial charge in [0.05, 0.1) is 0 Å². The van der Waals surface area contributed by atoms with Gasteiger partial charge < -0.3 is 10.1 Å². The van der Waals surface area contributed by atoms with Crippen LogP contribution in [-0.2, 0) is 16.0 Å². The molecule has 1 heterocycles. The summed E-state index contributed by atoms with van der Waals surface area (Å²) in [5, 5.41) is 3.10. The Balaban J connectivity index is 1.72. The number of ether oxygens (including phenoxy) is 1. The van der Waals surface area contributed by atoms with Crippen molar-refractivity contribution in [2.24, 2.45) is 0 Å². The Hall–Kier alpha value is -1.20. The van der Waals surface area contributed by atoms with Crippen LogP contribution in [0.4, 0.5) is 0 Å². The molecule has 1 aromatic rings. The van der Waals surface area contributed by atoms with Gasteiger partial charge >= 0.3 is 5.97 Å². The van der Waals surface area contributed by atoms with E-state index in [-0.39, 0.29) is 17.8 Å². The lowest BCUT2D eigenvalue weighted by atomic mass is 9.88. The molecule has 0 aromatic heterocycles. The zero-order valence-electron chi connectivity index (χ0n) is 11.0. The van der Waals surface area contributed by atoms with Crippen LogP contribution in [-0.4, -0.2) is 30.4 Å². The zero-order valence-corrected chi connectivity index (χ0v) is 12.6. The minimum atomic E-state index is -0.626. The van der Waals surface area contributed by atoms with Gasteiger partial charge in [-0.1, -0.05) is 15.9 Å². The van der Waals surface area contributed by atoms with Crippen molar-refractivity contribution < 1.29 is 14.3 Å². The smallest absolute Gasteiger partial charge is 0.323 e. The number of esters is 1. The Morgan fingerprint density at radius 2 is 2.20 bits per heavy atom. The van der Waals surface area contributed by atoms with E-state index >= 15 is 0 Å². The van der Waals surface area contributed by atoms with Gasteiger partial charge in [-0.2, -0.15) is 0 Å². The Morgan fingerprint density at radius 3 is 2.95 bits per heavy atom. The van der Waals surface area contributed by atoms with E-state index in [9.17, 15) is 9.59 Å². The van der Waals surface area contributed by atoms with Gasteiger partial charge in [-0.05, 0) is 56.0 Å². The second kappa shape index (κ2) is 5.66. The molecular weight excluding hydrogens is 322 g/mol. The van der Waals surface area contributed by atoms with Crippen LogP contribution < -0.4 is 5.32 Å². The van der Waals surface area contributed by atoms with Gasteiger partial charge in [0.15, 0.2) is 6.10 Å². The number of ketones is 1. The molecular formula is C15H16BrNO3. The van der Waals surface area contributed by atoms with Gasteiger partial charge in [0.25, 0.3) is 0 Å². The van der Waals surface area contributed by atoms with Crippen molar-refractivity contribution in [1.82, 2.24) is 5.32 Å². The summed E-state index contributed by atoms with van der Waals surface area (Å²) in [7, 11) is 0. The van der Waals surface area contributed by atoms with Crippen LogP contribution in [0.5, 0.6) is 0 Å². The maximum absolute atomic E-state index is 12.4. The molecule has 1 aliphatic heterocycles. The third kappa shape index (κ3) is 2.65. The quantitative estimate of drug-likeness (QED) is 0.841. The van der Waals surface area contributed by atoms with Crippen molar-refractivity contribution in [3.63, 3.8) is 0 Å². The maximum Gasteiger partial charge on any atom is 0.323 e. The molecule has 1 aliphatic carbocycles. The Labute approximate surface area is 126 Å². The molecule has 20 heavy (non-hydrogen) atoms. The van der Waals surface area contributed by atoms with Crippen LogP contribution in [0.3, 0.4) is 0 Å². The first-order valence-corrected chi connectivity index (χ1v) is 7.71. The van der Waals surface area contributed by atoms with Crippen molar-refractivity contribution in [3.05, 3.63) is 33.8 Å². The van der Waals surface area contributed by atoms with Crippen molar-refractivity contribution in [1.29, 1.82) is 0 Å². The molecule has 0 amide bonds. The first-order valence-electron chi connectivity index (χ1n) is 6.91. The highest BCUT2D eigenvalue weighted by molar-refractivity contribution is 9.10. The van der Waals surface area contributed by atoms with E-state index in [0.717, 1.165) is 35.8 Å². The summed E-state index contributed by atoms with van der Waals surface area (Å²) in [5.74, 6) is -0.369. The monoisotopic (exact) mass is 337 g/mol. The van der Waals surface area contributed by atoms with E-state index in [4.69, 9.17) is 4.74 Å². The van der Waals surface area contributed by atoms with E-state index in [2.05, 4.69) is 21.2 Å². The minimum absolute atomic E-state index is 0.0786. The van der Waals surface area contributed by atoms with Crippen molar-refractivity contribution in [3.8, 4) is 0 Å². The van der Waals surface area contributed by atoms with Crippen LogP contribution in [0.2, 0.25) is 0 Å². The fourth-order valence-corrected chi connectivity index (χ4v) is 3.23. The average Bonchev–Trinajstić information content (AvgIpc) is 2.96. The van der Waals surface area contributed by atoms with Crippen molar-refractivity contribution in [2.45, 2.75) is 37.8 Å². The molecule has 0 radical (unpaired) electrons. The number of rotatable bonds is 2. The van der Waals surface area contributed by atoms with Crippen LogP contribution in [0.1, 0.15) is 35.2 Å². The Morgan fingerprint density at radius 1 is 1.35 bits per heavy atom. The largest absolute Gasteiger partial charge is 0.453 e. The Bertz CT molecular complexity index is 552. The molecule has 4 nitrogen and oxygen atoms in total. The number of benzene rings is 1. The summed E-state index contributed by atoms with van der Waals surface area (Å²) >= 11 is 3.41. The molecule has 3 rings (SSSR count). The molecule has 106 valence electrons. The molecule has 1 unspecified atom stereocenters. The standard InChI is InChI=1S/C15H16BrNO3/c16-10-4-5-11-9(8-10)3-6-13(14(11)18)20-15(19)12-2-1-7-17-12/h4-5,8,12-13,17H,1-3,6-7H2/t12-,13?/m0/s1. The number of Topliss-reactive ketones (excluding diaryl/α,β-unsaturated/α-hetero) is 1. The molecule has 0 bridgehead atoms. The molecule has 1 aromatic carbocycles. The lowest BCUT2D eigenvalue weighted by Crippen LogP contribution is -2.39. The molecule has 0 saturated carbocycles. The molecule has 1 N–H and O–H groups in total. The Kier molecular flexibility index (Phi) is 3.89. The van der Waals surface area contributed by atoms with Gasteiger partial charge in [-0.3, -0.25) is 9.59 Å². The SMILES string of the molecule is O=C1c2ccc(Br)cc2CCC1OC(=O)[C@@H]1CCCN1. The summed E-state index contributed by atoms with van der Waals surface area (Å²) in [4.78, 5) is 24.3. The molecule has 5 heteroatoms. The number of hydrogen-bond donors (Lipinski definition) is 1. The summed E-state index contributed by atoms with van der Waals surface area (Å²) in [6.07, 6.45) is 2.48. The van der Waals surface area contributed by atoms with Crippen LogP contribution in [0, 0.1) is 0 Å². The van der Waals surface area contributed by atoms with Gasteiger partial charge in [-0.25, -0.2) is 0 Å². The fraction of sp³-hybridized carbons (Fsp3) is 0.467. The molecule has 1 saturated heterocycles. The van der Waals surface area contributed by atoms with Crippen molar-refractivity contribution >= 4 is 27.7 Å². The first-order chi connectivity index (χ1) is 9.65. The number of carbonyl (C=O) groups is 2. The lowest BCUT2D eigenvalue weighted by Gasteiger charge is -2.24. The predicted molar refractivity (Wildman–Crippen MR) is 77.7 cm³/mol. The number of carbonyl (C=O) groups excluding carboxylic acids is 2. The second-order valence-electron chi connectivity index (χ2n) is 5.28. The number of nitrogens with one attached hydrogen (secondary N) is 1. The second-order valence-corrected chi connectivity index (χ2v) is 6.19. The molecule has 0 spiro atoms. The number of fused-ring (bicyclic) bond motifs is 1. The van der Waals surface area contributed by atoms with Crippen LogP contribution in [0.25, 0.3) is 0 Å². The summed E-state index contributed by atoms with van der Waals surface area (Å²) < 4.78 is 6.38. The van der Waals surface area contributed by atoms with Crippen LogP contribution >= 0.6 is 15.9 Å². The van der Waals surface area contributed by atoms with E-state index in [0.29, 0.717) is 12.0 Å². The minimum Gasteiger partial charge on any atom is -0.453 e. The van der Waals surface area contributed by atoms with Crippen LogP contribution in [0.15, 0.2) is 22.7 Å². The predicted octanol–water partition coefficient (Wildman–Crippen LogP) is 2.24. The van der Waals surface area contributed by atoms with E-state index < -0.39 is 6.10 Å². The van der Waals surface area contributed by atoms with E-state index in [1.807, 2.05) is 12.1 Å². The number of hydrogen-bond acceptors (Lipinski definition) is 4. The summed E-state index contributed by atoms with van der Waals surface area (Å²) in [6, 6.07) is 5.37. The maximum atomic E-state index is 12.4. The number of aryl methyl sites for hydroxylation is 1. The lowest BCUT2D eigenvalue weighted by molar-refractivity contribution is -0.149. The highest BCUT2D eigenvalue weighted by atomic mass is 79.9. The van der Waals surface area contributed by atoms with Crippen molar-refractivity contribution in [2.75, 3.05) is 6.54 Å². The van der Waals surface area contributed by atoms with Gasteiger partial charge in [-0.15, -0.1) is 0 Å². The zero-order chi connectivity index (χ0) is 14.1. The van der Waals surface area contributed by atoms with E-state index in [1.54, 1.807) is 6.07 Å². The van der Waals surface area contributed by atoms with Gasteiger partial charge in [0, 0.05) is 10.0 Å². The number of halogens is 1. The highest BCUT2D eigenvalue weighted by Crippen LogP contribution is 2.26. The third-order valence-corrected chi connectivity index (χ3v) is 4.40. The molecule has 2 atom stereocenters. The normalized spacial score (nSPS) is 25.4. The van der Waals surface area contributed by atoms with Gasteiger partial charge in [0.2, 0.25) is 5.78 Å². The van der Waals surface area contributed by atoms with Gasteiger partial charge in [0.1, 0.15) is 6.04 Å². The summed E-state index contributed by atoms with van der Waals surface area (Å²) in [5.41, 5.74) is 1.70. The average molecular weight is 338 g/mol. The third-order valence-electron chi connectivity index (χ3n) is 3.90. The van der Waals surface area contributed by atoms with E-state index in [1.165, 1.54) is 0 Å². The topological polar surface area (TPSA) is 55.4 Å². The fourth-order valence-electron chi connectivity index (χ4n) is 2.82. The molecule has 1 fully saturated rings. The summed E-state index contributed by atoms with van der Waals surface area (Å²) in [6.45, 7) is 0.843. The molecule has 2 aliphatic rings. The first kappa shape index (κ1) is 13.8.